The molecule has 0 saturated carbocycles. The van der Waals surface area contributed by atoms with Gasteiger partial charge in [0.25, 0.3) is 0 Å². The number of rotatable bonds is 4. The second-order valence-corrected chi connectivity index (χ2v) is 7.18. The molecule has 2 rings (SSSR count). The third kappa shape index (κ3) is 4.07. The predicted molar refractivity (Wildman–Crippen MR) is 83.9 cm³/mol. The molecule has 0 radical (unpaired) electrons. The Morgan fingerprint density at radius 1 is 1.38 bits per heavy atom. The molecule has 120 valence electrons. The highest BCUT2D eigenvalue weighted by Crippen LogP contribution is 2.30. The van der Waals surface area contributed by atoms with Crippen LogP contribution in [0, 0.1) is 5.82 Å². The van der Waals surface area contributed by atoms with Crippen molar-refractivity contribution in [3.63, 3.8) is 0 Å². The number of nitrogens with two attached hydrogens (primary N) is 1. The topological polar surface area (TPSA) is 63.4 Å². The Kier molecular flexibility index (Phi) is 6.87. The Morgan fingerprint density at radius 2 is 2.10 bits per heavy atom. The monoisotopic (exact) mass is 356 g/mol. The Labute approximate surface area is 135 Å². The van der Waals surface area contributed by atoms with Gasteiger partial charge in [-0.25, -0.2) is 12.8 Å². The predicted octanol–water partition coefficient (Wildman–Crippen LogP) is 2.79. The lowest BCUT2D eigenvalue weighted by Crippen LogP contribution is -2.44. The second-order valence-electron chi connectivity index (χ2n) is 4.92. The first-order chi connectivity index (χ1) is 9.46. The Hall–Kier alpha value is -0.400. The van der Waals surface area contributed by atoms with Gasteiger partial charge in [-0.3, -0.25) is 0 Å². The van der Waals surface area contributed by atoms with Crippen LogP contribution in [-0.4, -0.2) is 31.9 Å². The average Bonchev–Trinajstić information content (AvgIpc) is 2.39. The molecular weight excluding hydrogens is 338 g/mol. The van der Waals surface area contributed by atoms with Crippen LogP contribution in [0.2, 0.25) is 5.02 Å². The first-order valence-corrected chi connectivity index (χ1v) is 8.45. The van der Waals surface area contributed by atoms with Crippen molar-refractivity contribution >= 4 is 34.0 Å². The van der Waals surface area contributed by atoms with Crippen molar-refractivity contribution in [2.45, 2.75) is 36.6 Å². The van der Waals surface area contributed by atoms with E-state index in [9.17, 15) is 12.8 Å². The maximum absolute atomic E-state index is 13.1. The van der Waals surface area contributed by atoms with E-state index < -0.39 is 15.8 Å². The zero-order valence-corrected chi connectivity index (χ0v) is 13.9. The van der Waals surface area contributed by atoms with Crippen molar-refractivity contribution in [3.05, 3.63) is 29.0 Å². The van der Waals surface area contributed by atoms with Crippen LogP contribution in [0.3, 0.4) is 0 Å². The zero-order chi connectivity index (χ0) is 14.8. The molecule has 21 heavy (non-hydrogen) atoms. The summed E-state index contributed by atoms with van der Waals surface area (Å²) in [6.45, 7) is 0.897. The van der Waals surface area contributed by atoms with Crippen LogP contribution in [0.25, 0.3) is 0 Å². The van der Waals surface area contributed by atoms with Gasteiger partial charge in [-0.05, 0) is 44.0 Å². The summed E-state index contributed by atoms with van der Waals surface area (Å²) in [5.74, 6) is -0.550. The smallest absolute Gasteiger partial charge is 0.244 e. The summed E-state index contributed by atoms with van der Waals surface area (Å²) >= 11 is 5.89. The van der Waals surface area contributed by atoms with E-state index in [2.05, 4.69) is 0 Å². The molecule has 0 bridgehead atoms. The Bertz CT molecular complexity index is 582. The second kappa shape index (κ2) is 7.74. The average molecular weight is 357 g/mol. The number of piperidine rings is 1. The van der Waals surface area contributed by atoms with Crippen LogP contribution in [0.15, 0.2) is 23.1 Å². The molecule has 1 saturated heterocycles. The minimum absolute atomic E-state index is 0. The molecule has 1 aliphatic heterocycles. The molecule has 0 aliphatic carbocycles. The molecule has 0 amide bonds. The van der Waals surface area contributed by atoms with Gasteiger partial charge in [-0.15, -0.1) is 12.4 Å². The lowest BCUT2D eigenvalue weighted by molar-refractivity contribution is 0.243. The van der Waals surface area contributed by atoms with Crippen LogP contribution in [-0.2, 0) is 10.0 Å². The van der Waals surface area contributed by atoms with E-state index >= 15 is 0 Å². The van der Waals surface area contributed by atoms with Gasteiger partial charge in [0.15, 0.2) is 0 Å². The van der Waals surface area contributed by atoms with Gasteiger partial charge in [-0.1, -0.05) is 18.0 Å². The molecule has 1 aromatic carbocycles. The first-order valence-electron chi connectivity index (χ1n) is 6.64. The summed E-state index contributed by atoms with van der Waals surface area (Å²) in [4.78, 5) is -0.0375. The van der Waals surface area contributed by atoms with Gasteiger partial charge < -0.3 is 5.73 Å². The highest BCUT2D eigenvalue weighted by molar-refractivity contribution is 7.89. The summed E-state index contributed by atoms with van der Waals surface area (Å²) in [5, 5.41) is -0.0814. The van der Waals surface area contributed by atoms with E-state index in [-0.39, 0.29) is 28.4 Å². The van der Waals surface area contributed by atoms with Gasteiger partial charge >= 0.3 is 0 Å². The van der Waals surface area contributed by atoms with E-state index in [1.54, 1.807) is 0 Å². The SMILES string of the molecule is Cl.NCCC1CCCCN1S(=O)(=O)c1ccc(F)cc1Cl. The normalized spacial score (nSPS) is 20.0. The molecule has 2 N–H and O–H groups in total. The number of nitrogens with zero attached hydrogens (tertiary/aromatic N) is 1. The highest BCUT2D eigenvalue weighted by atomic mass is 35.5. The van der Waals surface area contributed by atoms with Crippen LogP contribution >= 0.6 is 24.0 Å². The molecule has 1 unspecified atom stereocenters. The van der Waals surface area contributed by atoms with Crippen LogP contribution in [0.1, 0.15) is 25.7 Å². The van der Waals surface area contributed by atoms with Crippen molar-refractivity contribution in [3.8, 4) is 0 Å². The zero-order valence-electron chi connectivity index (χ0n) is 11.5. The summed E-state index contributed by atoms with van der Waals surface area (Å²) in [5.41, 5.74) is 5.56. The van der Waals surface area contributed by atoms with Gasteiger partial charge in [-0.2, -0.15) is 4.31 Å². The largest absolute Gasteiger partial charge is 0.330 e. The van der Waals surface area contributed by atoms with Gasteiger partial charge in [0.1, 0.15) is 10.7 Å². The van der Waals surface area contributed by atoms with Crippen molar-refractivity contribution in [2.75, 3.05) is 13.1 Å². The van der Waals surface area contributed by atoms with Gasteiger partial charge in [0.2, 0.25) is 10.0 Å². The van der Waals surface area contributed by atoms with E-state index in [1.165, 1.54) is 10.4 Å². The molecular formula is C13H19Cl2FN2O2S. The Balaban J connectivity index is 0.00000220. The van der Waals surface area contributed by atoms with Crippen molar-refractivity contribution in [1.29, 1.82) is 0 Å². The fourth-order valence-corrected chi connectivity index (χ4v) is 4.81. The lowest BCUT2D eigenvalue weighted by Gasteiger charge is -2.34. The fraction of sp³-hybridized carbons (Fsp3) is 0.538. The van der Waals surface area contributed by atoms with Gasteiger partial charge in [0.05, 0.1) is 5.02 Å². The maximum atomic E-state index is 13.1. The summed E-state index contributed by atoms with van der Waals surface area (Å²) in [6, 6.07) is 3.26. The third-order valence-corrected chi connectivity index (χ3v) is 5.99. The quantitative estimate of drug-likeness (QED) is 0.901. The molecule has 1 atom stereocenters. The standard InChI is InChI=1S/C13H18ClFN2O2S.ClH/c14-12-9-10(15)4-5-13(12)20(18,19)17-8-2-1-3-11(17)6-7-16;/h4-5,9,11H,1-3,6-8,16H2;1H. The van der Waals surface area contributed by atoms with Crippen LogP contribution in [0.4, 0.5) is 4.39 Å². The number of hydrogen-bond acceptors (Lipinski definition) is 3. The molecule has 1 heterocycles. The molecule has 1 aromatic rings. The molecule has 8 heteroatoms. The van der Waals surface area contributed by atoms with Gasteiger partial charge in [0, 0.05) is 12.6 Å². The molecule has 4 nitrogen and oxygen atoms in total. The number of sulfonamides is 1. The third-order valence-electron chi connectivity index (χ3n) is 3.55. The molecule has 1 fully saturated rings. The summed E-state index contributed by atoms with van der Waals surface area (Å²) in [6.07, 6.45) is 3.24. The van der Waals surface area contributed by atoms with Crippen LogP contribution in [0.5, 0.6) is 0 Å². The van der Waals surface area contributed by atoms with Crippen molar-refractivity contribution in [2.24, 2.45) is 5.73 Å². The lowest BCUT2D eigenvalue weighted by atomic mass is 10.0. The number of hydrogen-bond donors (Lipinski definition) is 1. The maximum Gasteiger partial charge on any atom is 0.244 e. The van der Waals surface area contributed by atoms with E-state index in [0.29, 0.717) is 19.5 Å². The van der Waals surface area contributed by atoms with Crippen molar-refractivity contribution < 1.29 is 12.8 Å². The first kappa shape index (κ1) is 18.6. The Morgan fingerprint density at radius 3 is 2.71 bits per heavy atom. The molecule has 0 spiro atoms. The minimum Gasteiger partial charge on any atom is -0.330 e. The number of halogens is 3. The van der Waals surface area contributed by atoms with Crippen molar-refractivity contribution in [1.82, 2.24) is 4.31 Å². The molecule has 1 aliphatic rings. The highest BCUT2D eigenvalue weighted by Gasteiger charge is 2.34. The van der Waals surface area contributed by atoms with E-state index in [0.717, 1.165) is 31.4 Å². The van der Waals surface area contributed by atoms with Crippen LogP contribution < -0.4 is 5.73 Å². The fourth-order valence-electron chi connectivity index (χ4n) is 2.58. The van der Waals surface area contributed by atoms with E-state index in [1.807, 2.05) is 0 Å². The summed E-state index contributed by atoms with van der Waals surface area (Å²) < 4.78 is 39.9. The number of benzene rings is 1. The van der Waals surface area contributed by atoms with E-state index in [4.69, 9.17) is 17.3 Å². The molecule has 0 aromatic heterocycles. The summed E-state index contributed by atoms with van der Waals surface area (Å²) in [7, 11) is -3.70. The minimum atomic E-state index is -3.70.